The summed E-state index contributed by atoms with van der Waals surface area (Å²) in [5.74, 6) is 0.414. The first-order chi connectivity index (χ1) is 4.84. The summed E-state index contributed by atoms with van der Waals surface area (Å²) in [5.41, 5.74) is 0. The first kappa shape index (κ1) is 7.48. The van der Waals surface area contributed by atoms with Gasteiger partial charge in [0.05, 0.1) is 13.2 Å². The van der Waals surface area contributed by atoms with Crippen LogP contribution in [0.3, 0.4) is 0 Å². The number of hydrogen-bond donors (Lipinski definition) is 0. The molecule has 2 nitrogen and oxygen atoms in total. The third-order valence-corrected chi connectivity index (χ3v) is 1.72. The van der Waals surface area contributed by atoms with E-state index in [9.17, 15) is 4.79 Å². The summed E-state index contributed by atoms with van der Waals surface area (Å²) in [6, 6.07) is 0. The van der Waals surface area contributed by atoms with Gasteiger partial charge in [0.15, 0.2) is 0 Å². The van der Waals surface area contributed by atoms with E-state index in [-0.39, 0.29) is 5.92 Å². The van der Waals surface area contributed by atoms with Crippen LogP contribution in [-0.4, -0.2) is 19.0 Å². The Morgan fingerprint density at radius 2 is 2.60 bits per heavy atom. The third kappa shape index (κ3) is 1.67. The summed E-state index contributed by atoms with van der Waals surface area (Å²) >= 11 is 0. The number of allylic oxidation sites excluding steroid dienone is 1. The quantitative estimate of drug-likeness (QED) is 0.538. The molecular formula is C8H12O2. The van der Waals surface area contributed by atoms with Crippen LogP contribution in [0.1, 0.15) is 12.8 Å². The molecule has 0 aliphatic carbocycles. The highest BCUT2D eigenvalue weighted by molar-refractivity contribution is 5.81. The van der Waals surface area contributed by atoms with Gasteiger partial charge in [-0.2, -0.15) is 0 Å². The van der Waals surface area contributed by atoms with E-state index < -0.39 is 0 Å². The highest BCUT2D eigenvalue weighted by Gasteiger charge is 2.20. The molecule has 56 valence electrons. The van der Waals surface area contributed by atoms with Gasteiger partial charge in [0.25, 0.3) is 0 Å². The third-order valence-electron chi connectivity index (χ3n) is 1.72. The second-order valence-electron chi connectivity index (χ2n) is 2.51. The Hall–Kier alpha value is -0.630. The van der Waals surface area contributed by atoms with Gasteiger partial charge < -0.3 is 4.74 Å². The number of Topliss-reactive ketones (excluding diaryl/α,β-unsaturated/α-hetero) is 1. The average molecular weight is 140 g/mol. The lowest BCUT2D eigenvalue weighted by Crippen LogP contribution is -2.26. The van der Waals surface area contributed by atoms with Crippen molar-refractivity contribution in [1.82, 2.24) is 0 Å². The lowest BCUT2D eigenvalue weighted by molar-refractivity contribution is -0.130. The minimum Gasteiger partial charge on any atom is -0.380 e. The van der Waals surface area contributed by atoms with Crippen molar-refractivity contribution in [2.75, 3.05) is 13.2 Å². The lowest BCUT2D eigenvalue weighted by Gasteiger charge is -2.18. The van der Waals surface area contributed by atoms with Crippen molar-refractivity contribution in [1.29, 1.82) is 0 Å². The molecule has 1 saturated heterocycles. The highest BCUT2D eigenvalue weighted by atomic mass is 16.5. The minimum absolute atomic E-state index is 0.0891. The van der Waals surface area contributed by atoms with E-state index in [1.165, 1.54) is 0 Å². The molecule has 0 unspecified atom stereocenters. The molecule has 1 fully saturated rings. The van der Waals surface area contributed by atoms with E-state index in [4.69, 9.17) is 4.74 Å². The van der Waals surface area contributed by atoms with Crippen molar-refractivity contribution >= 4 is 5.78 Å². The molecule has 0 saturated carbocycles. The Morgan fingerprint density at radius 1 is 1.80 bits per heavy atom. The molecule has 0 N–H and O–H groups in total. The van der Waals surface area contributed by atoms with E-state index in [1.807, 2.05) is 0 Å². The van der Waals surface area contributed by atoms with Gasteiger partial charge in [0.1, 0.15) is 5.78 Å². The molecule has 1 aliphatic heterocycles. The maximum Gasteiger partial charge on any atom is 0.140 e. The molecule has 0 aromatic rings. The number of carbonyl (C=O) groups excluding carboxylic acids is 1. The molecule has 10 heavy (non-hydrogen) atoms. The van der Waals surface area contributed by atoms with Crippen LogP contribution < -0.4 is 0 Å². The van der Waals surface area contributed by atoms with Crippen molar-refractivity contribution < 1.29 is 9.53 Å². The van der Waals surface area contributed by atoms with Gasteiger partial charge in [0.2, 0.25) is 0 Å². The Bertz CT molecular complexity index is 140. The molecular weight excluding hydrogens is 128 g/mol. The fourth-order valence-corrected chi connectivity index (χ4v) is 1.10. The molecule has 0 aromatic carbocycles. The van der Waals surface area contributed by atoms with Gasteiger partial charge in [0, 0.05) is 12.3 Å². The normalized spacial score (nSPS) is 26.4. The van der Waals surface area contributed by atoms with Crippen LogP contribution in [0.15, 0.2) is 12.7 Å². The molecule has 1 heterocycles. The fraction of sp³-hybridized carbons (Fsp3) is 0.625. The lowest BCUT2D eigenvalue weighted by atomic mass is 9.97. The molecule has 1 aliphatic rings. The average Bonchev–Trinajstić information content (AvgIpc) is 1.94. The zero-order valence-corrected chi connectivity index (χ0v) is 6.01. The van der Waals surface area contributed by atoms with Crippen LogP contribution >= 0.6 is 0 Å². The molecule has 0 aromatic heterocycles. The van der Waals surface area contributed by atoms with Gasteiger partial charge in [-0.1, -0.05) is 6.08 Å². The molecule has 2 heteroatoms. The summed E-state index contributed by atoms with van der Waals surface area (Å²) < 4.78 is 5.14. The van der Waals surface area contributed by atoms with Crippen LogP contribution in [0.25, 0.3) is 0 Å². The predicted molar refractivity (Wildman–Crippen MR) is 38.7 cm³/mol. The first-order valence-corrected chi connectivity index (χ1v) is 3.56. The van der Waals surface area contributed by atoms with Gasteiger partial charge in [-0.05, 0) is 6.42 Å². The highest BCUT2D eigenvalue weighted by Crippen LogP contribution is 2.13. The summed E-state index contributed by atoms with van der Waals surface area (Å²) in [4.78, 5) is 11.1. The molecule has 1 rings (SSSR count). The molecule has 0 spiro atoms. The second-order valence-corrected chi connectivity index (χ2v) is 2.51. The smallest absolute Gasteiger partial charge is 0.140 e. The topological polar surface area (TPSA) is 26.3 Å². The summed E-state index contributed by atoms with van der Waals surface area (Å²) in [5, 5.41) is 0. The zero-order chi connectivity index (χ0) is 7.40. The summed E-state index contributed by atoms with van der Waals surface area (Å²) in [6.07, 6.45) is 3.12. The van der Waals surface area contributed by atoms with E-state index in [1.54, 1.807) is 6.08 Å². The fourth-order valence-electron chi connectivity index (χ4n) is 1.10. The Labute approximate surface area is 60.9 Å². The van der Waals surface area contributed by atoms with Crippen molar-refractivity contribution in [3.63, 3.8) is 0 Å². The largest absolute Gasteiger partial charge is 0.380 e. The standard InChI is InChI=1S/C8H12O2/c1-2-3-7-6-10-5-4-8(7)9/h2,7H,1,3-6H2/t7-/m1/s1. The van der Waals surface area contributed by atoms with Crippen molar-refractivity contribution in [3.8, 4) is 0 Å². The minimum atomic E-state index is 0.0891. The number of ketones is 1. The Kier molecular flexibility index (Phi) is 2.63. The maximum atomic E-state index is 11.1. The van der Waals surface area contributed by atoms with E-state index in [0.29, 0.717) is 25.4 Å². The maximum absolute atomic E-state index is 11.1. The van der Waals surface area contributed by atoms with Crippen LogP contribution in [0.2, 0.25) is 0 Å². The molecule has 0 bridgehead atoms. The van der Waals surface area contributed by atoms with Crippen molar-refractivity contribution in [2.24, 2.45) is 5.92 Å². The van der Waals surface area contributed by atoms with Gasteiger partial charge >= 0.3 is 0 Å². The number of ether oxygens (including phenoxy) is 1. The van der Waals surface area contributed by atoms with E-state index >= 15 is 0 Å². The molecule has 0 amide bonds. The van der Waals surface area contributed by atoms with Gasteiger partial charge in [-0.3, -0.25) is 4.79 Å². The second kappa shape index (κ2) is 3.52. The number of carbonyl (C=O) groups is 1. The first-order valence-electron chi connectivity index (χ1n) is 3.56. The molecule has 1 atom stereocenters. The van der Waals surface area contributed by atoms with Crippen LogP contribution in [-0.2, 0) is 9.53 Å². The van der Waals surface area contributed by atoms with E-state index in [0.717, 1.165) is 6.42 Å². The Morgan fingerprint density at radius 3 is 3.20 bits per heavy atom. The van der Waals surface area contributed by atoms with Crippen LogP contribution in [0.4, 0.5) is 0 Å². The summed E-state index contributed by atoms with van der Waals surface area (Å²) in [7, 11) is 0. The SMILES string of the molecule is C=CC[C@@H]1COCCC1=O. The predicted octanol–water partition coefficient (Wildman–Crippen LogP) is 1.17. The Balaban J connectivity index is 2.39. The zero-order valence-electron chi connectivity index (χ0n) is 6.01. The summed E-state index contributed by atoms with van der Waals surface area (Å²) in [6.45, 7) is 4.77. The van der Waals surface area contributed by atoms with Gasteiger partial charge in [-0.15, -0.1) is 6.58 Å². The van der Waals surface area contributed by atoms with Crippen LogP contribution in [0.5, 0.6) is 0 Å². The number of hydrogen-bond acceptors (Lipinski definition) is 2. The van der Waals surface area contributed by atoms with E-state index in [2.05, 4.69) is 6.58 Å². The monoisotopic (exact) mass is 140 g/mol. The van der Waals surface area contributed by atoms with Crippen LogP contribution in [0, 0.1) is 5.92 Å². The van der Waals surface area contributed by atoms with Gasteiger partial charge in [-0.25, -0.2) is 0 Å². The van der Waals surface area contributed by atoms with Crippen molar-refractivity contribution in [2.45, 2.75) is 12.8 Å². The molecule has 0 radical (unpaired) electrons. The number of rotatable bonds is 2. The van der Waals surface area contributed by atoms with Crippen molar-refractivity contribution in [3.05, 3.63) is 12.7 Å².